The summed E-state index contributed by atoms with van der Waals surface area (Å²) < 4.78 is 16.9. The Morgan fingerprint density at radius 1 is 0.950 bits per heavy atom. The number of fused-ring (bicyclic) bond motifs is 1. The number of carbonyl (C=O) groups excluding carboxylic acids is 2. The maximum absolute atomic E-state index is 14.1. The summed E-state index contributed by atoms with van der Waals surface area (Å²) in [7, 11) is 1.84. The summed E-state index contributed by atoms with van der Waals surface area (Å²) in [6, 6.07) is 21.9. The lowest BCUT2D eigenvalue weighted by molar-refractivity contribution is 0.0946. The Balaban J connectivity index is 1.32. The van der Waals surface area contributed by atoms with E-state index < -0.39 is 11.7 Å². The highest BCUT2D eigenvalue weighted by molar-refractivity contribution is 9.10. The van der Waals surface area contributed by atoms with Gasteiger partial charge in [-0.1, -0.05) is 51.3 Å². The van der Waals surface area contributed by atoms with E-state index in [1.807, 2.05) is 41.9 Å². The van der Waals surface area contributed by atoms with E-state index in [4.69, 9.17) is 23.2 Å². The number of amides is 2. The third kappa shape index (κ3) is 5.96. The average Bonchev–Trinajstić information content (AvgIpc) is 3.24. The number of hydrogen-bond donors (Lipinski definition) is 3. The molecule has 1 aromatic heterocycles. The smallest absolute Gasteiger partial charge is 0.256 e. The zero-order chi connectivity index (χ0) is 28.4. The third-order valence-corrected chi connectivity index (χ3v) is 7.34. The van der Waals surface area contributed by atoms with E-state index in [1.165, 1.54) is 18.2 Å². The van der Waals surface area contributed by atoms with E-state index in [2.05, 4.69) is 36.9 Å². The zero-order valence-electron chi connectivity index (χ0n) is 20.9. The molecule has 0 fully saturated rings. The summed E-state index contributed by atoms with van der Waals surface area (Å²) in [5.74, 6) is -1.07. The standard InChI is InChI=1S/C29H21BrCl2FN5O2/c1-38-25-12-6-17(27(39)35-19-9-7-18(30)8-10-19)14-24(25)37-29(38)36-23-13-16(5-11-20(23)31)15-34-28(40)26-21(32)3-2-4-22(26)33/h2-14H,15H2,1H3,(H,34,40)(H,35,39)(H,36,37). The lowest BCUT2D eigenvalue weighted by Crippen LogP contribution is -2.24. The van der Waals surface area contributed by atoms with Gasteiger partial charge >= 0.3 is 0 Å². The Hall–Kier alpha value is -3.92. The van der Waals surface area contributed by atoms with Gasteiger partial charge in [0.1, 0.15) is 5.82 Å². The Kier molecular flexibility index (Phi) is 8.07. The Morgan fingerprint density at radius 2 is 1.73 bits per heavy atom. The van der Waals surface area contributed by atoms with Crippen LogP contribution in [0.25, 0.3) is 11.0 Å². The van der Waals surface area contributed by atoms with Gasteiger partial charge in [-0.2, -0.15) is 0 Å². The number of benzene rings is 4. The molecule has 5 rings (SSSR count). The van der Waals surface area contributed by atoms with Crippen LogP contribution in [0.4, 0.5) is 21.7 Å². The van der Waals surface area contributed by atoms with Gasteiger partial charge in [-0.25, -0.2) is 9.37 Å². The topological polar surface area (TPSA) is 88.1 Å². The fourth-order valence-corrected chi connectivity index (χ4v) is 4.75. The maximum atomic E-state index is 14.1. The molecular formula is C29H21BrCl2FN5O2. The average molecular weight is 641 g/mol. The minimum Gasteiger partial charge on any atom is -0.348 e. The molecular weight excluding hydrogens is 620 g/mol. The summed E-state index contributed by atoms with van der Waals surface area (Å²) >= 11 is 15.8. The maximum Gasteiger partial charge on any atom is 0.256 e. The van der Waals surface area contributed by atoms with Crippen molar-refractivity contribution in [2.24, 2.45) is 7.05 Å². The van der Waals surface area contributed by atoms with E-state index in [-0.39, 0.29) is 23.0 Å². The summed E-state index contributed by atoms with van der Waals surface area (Å²) in [6.07, 6.45) is 0. The second kappa shape index (κ2) is 11.7. The van der Waals surface area contributed by atoms with Gasteiger partial charge in [0.25, 0.3) is 11.8 Å². The number of carbonyl (C=O) groups is 2. The molecule has 0 saturated heterocycles. The number of aromatic nitrogens is 2. The predicted molar refractivity (Wildman–Crippen MR) is 160 cm³/mol. The van der Waals surface area contributed by atoms with Gasteiger partial charge in [-0.05, 0) is 72.3 Å². The van der Waals surface area contributed by atoms with Crippen LogP contribution in [0.2, 0.25) is 10.0 Å². The fourth-order valence-electron chi connectivity index (χ4n) is 4.07. The van der Waals surface area contributed by atoms with E-state index in [0.717, 1.165) is 15.6 Å². The van der Waals surface area contributed by atoms with Crippen molar-refractivity contribution in [1.82, 2.24) is 14.9 Å². The molecule has 0 spiro atoms. The van der Waals surface area contributed by atoms with Crippen LogP contribution in [-0.4, -0.2) is 21.4 Å². The van der Waals surface area contributed by atoms with Crippen LogP contribution in [0.15, 0.2) is 83.3 Å². The minimum atomic E-state index is -0.695. The molecule has 0 bridgehead atoms. The molecule has 2 amide bonds. The molecule has 40 heavy (non-hydrogen) atoms. The van der Waals surface area contributed by atoms with Gasteiger partial charge in [0.15, 0.2) is 0 Å². The number of nitrogens with zero attached hydrogens (tertiary/aromatic N) is 2. The van der Waals surface area contributed by atoms with Gasteiger partial charge in [0.2, 0.25) is 5.95 Å². The molecule has 0 radical (unpaired) electrons. The van der Waals surface area contributed by atoms with Crippen molar-refractivity contribution >= 4 is 79.3 Å². The molecule has 202 valence electrons. The van der Waals surface area contributed by atoms with Crippen LogP contribution in [0.3, 0.4) is 0 Å². The lowest BCUT2D eigenvalue weighted by atomic mass is 10.1. The van der Waals surface area contributed by atoms with Crippen molar-refractivity contribution in [3.8, 4) is 0 Å². The first-order chi connectivity index (χ1) is 19.2. The molecule has 0 saturated carbocycles. The van der Waals surface area contributed by atoms with Crippen molar-refractivity contribution in [2.45, 2.75) is 6.54 Å². The quantitative estimate of drug-likeness (QED) is 0.170. The Bertz CT molecular complexity index is 1740. The normalized spacial score (nSPS) is 10.9. The number of imidazole rings is 1. The van der Waals surface area contributed by atoms with E-state index in [1.54, 1.807) is 30.3 Å². The first-order valence-electron chi connectivity index (χ1n) is 12.0. The largest absolute Gasteiger partial charge is 0.348 e. The number of halogens is 4. The van der Waals surface area contributed by atoms with Gasteiger partial charge in [0, 0.05) is 29.3 Å². The summed E-state index contributed by atoms with van der Waals surface area (Å²) in [4.78, 5) is 30.0. The summed E-state index contributed by atoms with van der Waals surface area (Å²) in [5.41, 5.74) is 3.65. The molecule has 5 aromatic rings. The molecule has 0 aliphatic carbocycles. The van der Waals surface area contributed by atoms with Crippen LogP contribution >= 0.6 is 39.1 Å². The second-order valence-electron chi connectivity index (χ2n) is 8.88. The van der Waals surface area contributed by atoms with Crippen LogP contribution in [0, 0.1) is 5.82 Å². The first kappa shape index (κ1) is 27.6. The highest BCUT2D eigenvalue weighted by atomic mass is 79.9. The minimum absolute atomic E-state index is 0.0340. The monoisotopic (exact) mass is 639 g/mol. The molecule has 0 aliphatic heterocycles. The van der Waals surface area contributed by atoms with Gasteiger partial charge in [-0.15, -0.1) is 0 Å². The highest BCUT2D eigenvalue weighted by Crippen LogP contribution is 2.29. The molecule has 7 nitrogen and oxygen atoms in total. The number of nitrogens with one attached hydrogen (secondary N) is 3. The highest BCUT2D eigenvalue weighted by Gasteiger charge is 2.17. The predicted octanol–water partition coefficient (Wildman–Crippen LogP) is 7.71. The zero-order valence-corrected chi connectivity index (χ0v) is 24.0. The molecule has 0 unspecified atom stereocenters. The molecule has 0 aliphatic rings. The number of aryl methyl sites for hydroxylation is 1. The summed E-state index contributed by atoms with van der Waals surface area (Å²) in [6.45, 7) is 0.120. The van der Waals surface area contributed by atoms with Gasteiger partial charge in [0.05, 0.1) is 32.3 Å². The summed E-state index contributed by atoms with van der Waals surface area (Å²) in [5, 5.41) is 9.25. The first-order valence-corrected chi connectivity index (χ1v) is 13.6. The van der Waals surface area contributed by atoms with Crippen LogP contribution < -0.4 is 16.0 Å². The number of rotatable bonds is 7. The Morgan fingerprint density at radius 3 is 2.48 bits per heavy atom. The molecule has 1 heterocycles. The molecule has 11 heteroatoms. The number of anilines is 3. The SMILES string of the molecule is Cn1c(Nc2cc(CNC(=O)c3c(F)cccc3Cl)ccc2Cl)nc2cc(C(=O)Nc3ccc(Br)cc3)ccc21. The van der Waals surface area contributed by atoms with Crippen LogP contribution in [0.1, 0.15) is 26.3 Å². The van der Waals surface area contributed by atoms with Crippen LogP contribution in [-0.2, 0) is 13.6 Å². The van der Waals surface area contributed by atoms with Gasteiger partial charge < -0.3 is 20.5 Å². The van der Waals surface area contributed by atoms with E-state index in [9.17, 15) is 14.0 Å². The van der Waals surface area contributed by atoms with Crippen LogP contribution in [0.5, 0.6) is 0 Å². The van der Waals surface area contributed by atoms with E-state index in [0.29, 0.717) is 33.4 Å². The van der Waals surface area contributed by atoms with Crippen molar-refractivity contribution < 1.29 is 14.0 Å². The third-order valence-electron chi connectivity index (χ3n) is 6.17. The molecule has 0 atom stereocenters. The molecule has 3 N–H and O–H groups in total. The fraction of sp³-hybridized carbons (Fsp3) is 0.0690. The second-order valence-corrected chi connectivity index (χ2v) is 10.6. The number of hydrogen-bond acceptors (Lipinski definition) is 4. The van der Waals surface area contributed by atoms with Crippen molar-refractivity contribution in [3.05, 3.63) is 116 Å². The van der Waals surface area contributed by atoms with E-state index >= 15 is 0 Å². The van der Waals surface area contributed by atoms with Crippen molar-refractivity contribution in [1.29, 1.82) is 0 Å². The van der Waals surface area contributed by atoms with Gasteiger partial charge in [-0.3, -0.25) is 9.59 Å². The lowest BCUT2D eigenvalue weighted by Gasteiger charge is -2.12. The van der Waals surface area contributed by atoms with Crippen molar-refractivity contribution in [2.75, 3.05) is 10.6 Å². The molecule has 4 aromatic carbocycles. The van der Waals surface area contributed by atoms with Crippen molar-refractivity contribution in [3.63, 3.8) is 0 Å². The Labute approximate surface area is 247 Å².